The van der Waals surface area contributed by atoms with Crippen LogP contribution in [0.4, 0.5) is 0 Å². The molecule has 2 rings (SSSR count). The Morgan fingerprint density at radius 1 is 1.00 bits per heavy atom. The average molecular weight is 289 g/mol. The summed E-state index contributed by atoms with van der Waals surface area (Å²) in [5, 5.41) is 10.9. The van der Waals surface area contributed by atoms with E-state index in [1.54, 1.807) is 31.3 Å². The summed E-state index contributed by atoms with van der Waals surface area (Å²) in [6.07, 6.45) is 1.60. The normalized spacial score (nSPS) is 10.6. The van der Waals surface area contributed by atoms with Crippen LogP contribution in [0.25, 0.3) is 11.1 Å². The van der Waals surface area contributed by atoms with Crippen molar-refractivity contribution in [3.05, 3.63) is 45.2 Å². The van der Waals surface area contributed by atoms with E-state index < -0.39 is 0 Å². The lowest BCUT2D eigenvalue weighted by Crippen LogP contribution is -1.87. The molecule has 1 N–H and O–H groups in total. The van der Waals surface area contributed by atoms with Gasteiger partial charge in [-0.15, -0.1) is 0 Å². The summed E-state index contributed by atoms with van der Waals surface area (Å²) < 4.78 is 0. The fourth-order valence-corrected chi connectivity index (χ4v) is 2.15. The zero-order valence-corrected chi connectivity index (χ0v) is 11.1. The van der Waals surface area contributed by atoms with Crippen LogP contribution >= 0.6 is 34.8 Å². The SMILES string of the molecule is Cc1nccc(-c2ccc(Cl)c(Cl)c2Cl)c1O. The first kappa shape index (κ1) is 12.5. The molecule has 0 aliphatic heterocycles. The first-order chi connectivity index (χ1) is 8.02. The molecule has 88 valence electrons. The molecule has 1 aromatic heterocycles. The Bertz CT molecular complexity index is 584. The average Bonchev–Trinajstić information content (AvgIpc) is 2.31. The summed E-state index contributed by atoms with van der Waals surface area (Å²) in [6.45, 7) is 1.71. The van der Waals surface area contributed by atoms with Crippen molar-refractivity contribution < 1.29 is 5.11 Å². The van der Waals surface area contributed by atoms with Gasteiger partial charge in [-0.25, -0.2) is 0 Å². The second kappa shape index (κ2) is 4.73. The number of pyridine rings is 1. The maximum Gasteiger partial charge on any atom is 0.144 e. The van der Waals surface area contributed by atoms with Crippen molar-refractivity contribution in [1.82, 2.24) is 4.98 Å². The van der Waals surface area contributed by atoms with Gasteiger partial charge in [-0.1, -0.05) is 40.9 Å². The third-order valence-electron chi connectivity index (χ3n) is 2.43. The molecule has 5 heteroatoms. The Hall–Kier alpha value is -0.960. The fraction of sp³-hybridized carbons (Fsp3) is 0.0833. The van der Waals surface area contributed by atoms with Crippen molar-refractivity contribution in [3.8, 4) is 16.9 Å². The van der Waals surface area contributed by atoms with Gasteiger partial charge in [0.15, 0.2) is 0 Å². The molecule has 2 nitrogen and oxygen atoms in total. The third-order valence-corrected chi connectivity index (χ3v) is 3.73. The van der Waals surface area contributed by atoms with Crippen molar-refractivity contribution >= 4 is 34.8 Å². The predicted octanol–water partition coefficient (Wildman–Crippen LogP) is 4.72. The van der Waals surface area contributed by atoms with Crippen LogP contribution in [0.2, 0.25) is 15.1 Å². The minimum Gasteiger partial charge on any atom is -0.505 e. The molecule has 2 aromatic rings. The van der Waals surface area contributed by atoms with E-state index in [0.717, 1.165) is 0 Å². The first-order valence-corrected chi connectivity index (χ1v) is 5.94. The maximum atomic E-state index is 9.94. The van der Waals surface area contributed by atoms with Crippen LogP contribution in [-0.4, -0.2) is 10.1 Å². The highest BCUT2D eigenvalue weighted by Crippen LogP contribution is 2.41. The van der Waals surface area contributed by atoms with Crippen molar-refractivity contribution in [2.75, 3.05) is 0 Å². The third kappa shape index (κ3) is 2.21. The largest absolute Gasteiger partial charge is 0.505 e. The number of benzene rings is 1. The fourth-order valence-electron chi connectivity index (χ4n) is 1.51. The molecule has 0 unspecified atom stereocenters. The summed E-state index contributed by atoms with van der Waals surface area (Å²) in [5.74, 6) is 0.0905. The number of halogens is 3. The Kier molecular flexibility index (Phi) is 3.48. The Labute approximate surface area is 114 Å². The second-order valence-electron chi connectivity index (χ2n) is 3.52. The molecule has 0 amide bonds. The van der Waals surface area contributed by atoms with Gasteiger partial charge in [-0.2, -0.15) is 0 Å². The molecule has 1 heterocycles. The van der Waals surface area contributed by atoms with Crippen LogP contribution in [0.1, 0.15) is 5.69 Å². The highest BCUT2D eigenvalue weighted by Gasteiger charge is 2.14. The molecule has 0 aliphatic carbocycles. The van der Waals surface area contributed by atoms with E-state index in [1.165, 1.54) is 0 Å². The molecule has 0 saturated heterocycles. The van der Waals surface area contributed by atoms with Gasteiger partial charge in [0, 0.05) is 17.3 Å². The van der Waals surface area contributed by atoms with Crippen molar-refractivity contribution in [3.63, 3.8) is 0 Å². The first-order valence-electron chi connectivity index (χ1n) is 4.81. The molecular weight excluding hydrogens is 280 g/mol. The Balaban J connectivity index is 2.69. The number of aromatic nitrogens is 1. The molecule has 17 heavy (non-hydrogen) atoms. The Morgan fingerprint density at radius 2 is 1.71 bits per heavy atom. The van der Waals surface area contributed by atoms with Gasteiger partial charge < -0.3 is 5.11 Å². The number of nitrogens with zero attached hydrogens (tertiary/aromatic N) is 1. The summed E-state index contributed by atoms with van der Waals surface area (Å²) >= 11 is 17.9. The topological polar surface area (TPSA) is 33.1 Å². The van der Waals surface area contributed by atoms with Crippen LogP contribution in [0.3, 0.4) is 0 Å². The monoisotopic (exact) mass is 287 g/mol. The van der Waals surface area contributed by atoms with Crippen molar-refractivity contribution in [2.24, 2.45) is 0 Å². The van der Waals surface area contributed by atoms with E-state index in [9.17, 15) is 5.11 Å². The van der Waals surface area contributed by atoms with Crippen molar-refractivity contribution in [2.45, 2.75) is 6.92 Å². The summed E-state index contributed by atoms with van der Waals surface area (Å²) in [4.78, 5) is 3.98. The van der Waals surface area contributed by atoms with E-state index in [2.05, 4.69) is 4.98 Å². The molecule has 0 atom stereocenters. The summed E-state index contributed by atoms with van der Waals surface area (Å²) in [7, 11) is 0. The molecule has 0 radical (unpaired) electrons. The molecule has 0 spiro atoms. The number of rotatable bonds is 1. The van der Waals surface area contributed by atoms with Gasteiger partial charge in [0.1, 0.15) is 5.75 Å². The smallest absolute Gasteiger partial charge is 0.144 e. The number of aryl methyl sites for hydroxylation is 1. The van der Waals surface area contributed by atoms with Crippen LogP contribution in [-0.2, 0) is 0 Å². The van der Waals surface area contributed by atoms with Crippen LogP contribution < -0.4 is 0 Å². The van der Waals surface area contributed by atoms with E-state index in [0.29, 0.717) is 26.9 Å². The lowest BCUT2D eigenvalue weighted by molar-refractivity contribution is 0.470. The van der Waals surface area contributed by atoms with E-state index in [4.69, 9.17) is 34.8 Å². The van der Waals surface area contributed by atoms with Gasteiger partial charge in [0.25, 0.3) is 0 Å². The standard InChI is InChI=1S/C12H8Cl3NO/c1-6-12(17)8(4-5-16-6)7-2-3-9(13)11(15)10(7)14/h2-5,17H,1H3. The molecule has 0 fully saturated rings. The second-order valence-corrected chi connectivity index (χ2v) is 4.68. The lowest BCUT2D eigenvalue weighted by atomic mass is 10.0. The minimum absolute atomic E-state index is 0.0905. The maximum absolute atomic E-state index is 9.94. The lowest BCUT2D eigenvalue weighted by Gasteiger charge is -2.10. The zero-order valence-electron chi connectivity index (χ0n) is 8.84. The van der Waals surface area contributed by atoms with Gasteiger partial charge in [-0.05, 0) is 19.1 Å². The molecular formula is C12H8Cl3NO. The number of hydrogen-bond donors (Lipinski definition) is 1. The molecule has 0 saturated carbocycles. The van der Waals surface area contributed by atoms with Crippen LogP contribution in [0.5, 0.6) is 5.75 Å². The summed E-state index contributed by atoms with van der Waals surface area (Å²) in [5.41, 5.74) is 1.75. The number of hydrogen-bond acceptors (Lipinski definition) is 2. The van der Waals surface area contributed by atoms with Crippen LogP contribution in [0, 0.1) is 6.92 Å². The van der Waals surface area contributed by atoms with E-state index >= 15 is 0 Å². The number of aromatic hydroxyl groups is 1. The molecule has 0 aliphatic rings. The van der Waals surface area contributed by atoms with Gasteiger partial charge in [-0.3, -0.25) is 4.98 Å². The minimum atomic E-state index is 0.0905. The summed E-state index contributed by atoms with van der Waals surface area (Å²) in [6, 6.07) is 5.03. The predicted molar refractivity (Wildman–Crippen MR) is 71.1 cm³/mol. The van der Waals surface area contributed by atoms with Gasteiger partial charge >= 0.3 is 0 Å². The van der Waals surface area contributed by atoms with E-state index in [1.807, 2.05) is 0 Å². The van der Waals surface area contributed by atoms with Crippen molar-refractivity contribution in [1.29, 1.82) is 0 Å². The van der Waals surface area contributed by atoms with Gasteiger partial charge in [0.2, 0.25) is 0 Å². The Morgan fingerprint density at radius 3 is 2.41 bits per heavy atom. The van der Waals surface area contributed by atoms with Gasteiger partial charge in [0.05, 0.1) is 20.8 Å². The zero-order chi connectivity index (χ0) is 12.6. The highest BCUT2D eigenvalue weighted by atomic mass is 35.5. The molecule has 0 bridgehead atoms. The molecule has 1 aromatic carbocycles. The van der Waals surface area contributed by atoms with E-state index in [-0.39, 0.29) is 10.8 Å². The van der Waals surface area contributed by atoms with Crippen LogP contribution in [0.15, 0.2) is 24.4 Å². The highest BCUT2D eigenvalue weighted by molar-refractivity contribution is 6.49. The quantitative estimate of drug-likeness (QED) is 0.770.